The molecule has 1 atom stereocenters. The largest absolute Gasteiger partial charge is 0.368 e. The van der Waals surface area contributed by atoms with Gasteiger partial charge in [0.1, 0.15) is 6.10 Å². The average molecular weight is 280 g/mol. The molecule has 0 aromatic rings. The molecule has 2 aliphatic rings. The van der Waals surface area contributed by atoms with Crippen LogP contribution in [0.5, 0.6) is 0 Å². The highest BCUT2D eigenvalue weighted by Crippen LogP contribution is 2.28. The van der Waals surface area contributed by atoms with E-state index in [1.165, 1.54) is 19.4 Å². The first-order valence-corrected chi connectivity index (χ1v) is 7.95. The summed E-state index contributed by atoms with van der Waals surface area (Å²) in [6, 6.07) is 0.594. The number of hydrogen-bond acceptors (Lipinski definition) is 3. The Morgan fingerprint density at radius 3 is 2.70 bits per heavy atom. The molecule has 1 aliphatic heterocycles. The van der Waals surface area contributed by atoms with Crippen molar-refractivity contribution in [1.82, 2.24) is 10.2 Å². The van der Waals surface area contributed by atoms with Gasteiger partial charge >= 0.3 is 0 Å². The van der Waals surface area contributed by atoms with Gasteiger partial charge in [-0.2, -0.15) is 0 Å². The predicted octanol–water partition coefficient (Wildman–Crippen LogP) is 1.96. The number of amides is 1. The number of carbonyl (C=O) groups excluding carboxylic acids is 1. The molecule has 1 unspecified atom stereocenters. The molecule has 1 N–H and O–H groups in total. The van der Waals surface area contributed by atoms with Crippen LogP contribution in [0.15, 0.2) is 12.7 Å². The zero-order valence-electron chi connectivity index (χ0n) is 12.6. The van der Waals surface area contributed by atoms with Gasteiger partial charge in [-0.15, -0.1) is 6.58 Å². The average Bonchev–Trinajstić information content (AvgIpc) is 3.29. The zero-order chi connectivity index (χ0) is 14.4. The Morgan fingerprint density at radius 1 is 1.40 bits per heavy atom. The second kappa shape index (κ2) is 7.79. The van der Waals surface area contributed by atoms with Gasteiger partial charge in [0.2, 0.25) is 0 Å². The van der Waals surface area contributed by atoms with Gasteiger partial charge in [0, 0.05) is 19.1 Å². The van der Waals surface area contributed by atoms with Crippen LogP contribution in [0.3, 0.4) is 0 Å². The summed E-state index contributed by atoms with van der Waals surface area (Å²) in [6.07, 6.45) is 7.20. The first kappa shape index (κ1) is 15.5. The normalized spacial score (nSPS) is 21.8. The molecule has 0 bridgehead atoms. The van der Waals surface area contributed by atoms with E-state index in [0.29, 0.717) is 12.6 Å². The van der Waals surface area contributed by atoms with Crippen LogP contribution in [0.4, 0.5) is 0 Å². The van der Waals surface area contributed by atoms with E-state index >= 15 is 0 Å². The Balaban J connectivity index is 1.63. The lowest BCUT2D eigenvalue weighted by Gasteiger charge is -2.34. The van der Waals surface area contributed by atoms with Gasteiger partial charge in [-0.3, -0.25) is 4.79 Å². The summed E-state index contributed by atoms with van der Waals surface area (Å²) in [5, 5.41) is 3.63. The molecule has 1 saturated heterocycles. The molecule has 1 heterocycles. The lowest BCUT2D eigenvalue weighted by atomic mass is 10.0. The minimum Gasteiger partial charge on any atom is -0.368 e. The van der Waals surface area contributed by atoms with Crippen molar-refractivity contribution >= 4 is 5.91 Å². The Kier molecular flexibility index (Phi) is 6.05. The van der Waals surface area contributed by atoms with Gasteiger partial charge in [-0.05, 0) is 51.5 Å². The van der Waals surface area contributed by atoms with Crippen LogP contribution >= 0.6 is 0 Å². The van der Waals surface area contributed by atoms with Gasteiger partial charge in [-0.25, -0.2) is 0 Å². The summed E-state index contributed by atoms with van der Waals surface area (Å²) < 4.78 is 5.53. The fraction of sp³-hybridized carbons (Fsp3) is 0.812. The van der Waals surface area contributed by atoms with Crippen molar-refractivity contribution < 1.29 is 9.53 Å². The van der Waals surface area contributed by atoms with Crippen molar-refractivity contribution in [2.24, 2.45) is 5.92 Å². The monoisotopic (exact) mass is 280 g/mol. The van der Waals surface area contributed by atoms with E-state index in [0.717, 1.165) is 38.3 Å². The molecule has 4 heteroatoms. The van der Waals surface area contributed by atoms with E-state index in [9.17, 15) is 4.79 Å². The highest BCUT2D eigenvalue weighted by Gasteiger charge is 2.27. The van der Waals surface area contributed by atoms with Crippen LogP contribution in [-0.4, -0.2) is 49.2 Å². The minimum absolute atomic E-state index is 0.134. The van der Waals surface area contributed by atoms with Crippen LogP contribution in [0.2, 0.25) is 0 Å². The van der Waals surface area contributed by atoms with E-state index < -0.39 is 0 Å². The summed E-state index contributed by atoms with van der Waals surface area (Å²) in [4.78, 5) is 14.2. The fourth-order valence-electron chi connectivity index (χ4n) is 2.62. The van der Waals surface area contributed by atoms with E-state index in [1.807, 2.05) is 17.9 Å². The summed E-state index contributed by atoms with van der Waals surface area (Å²) >= 11 is 0. The Hall–Kier alpha value is -0.870. The third-order valence-electron chi connectivity index (χ3n) is 4.24. The minimum atomic E-state index is -0.328. The van der Waals surface area contributed by atoms with E-state index in [4.69, 9.17) is 4.74 Å². The molecule has 0 radical (unpaired) electrons. The second-order valence-corrected chi connectivity index (χ2v) is 6.04. The van der Waals surface area contributed by atoms with Crippen LogP contribution in [0, 0.1) is 5.92 Å². The predicted molar refractivity (Wildman–Crippen MR) is 80.6 cm³/mol. The number of likely N-dealkylation sites (tertiary alicyclic amines) is 1. The highest BCUT2D eigenvalue weighted by atomic mass is 16.5. The molecule has 0 aromatic heterocycles. The SMILES string of the molecule is C=CCCOC(C)C(=O)N1CCC(NCC2CC2)CC1. The van der Waals surface area contributed by atoms with Crippen molar-refractivity contribution in [3.05, 3.63) is 12.7 Å². The molecule has 4 nitrogen and oxygen atoms in total. The molecular weight excluding hydrogens is 252 g/mol. The van der Waals surface area contributed by atoms with Gasteiger partial charge < -0.3 is 15.0 Å². The highest BCUT2D eigenvalue weighted by molar-refractivity contribution is 5.80. The standard InChI is InChI=1S/C16H28N2O2/c1-3-4-11-20-13(2)16(19)18-9-7-15(8-10-18)17-12-14-5-6-14/h3,13-15,17H,1,4-12H2,2H3. The zero-order valence-corrected chi connectivity index (χ0v) is 12.6. The van der Waals surface area contributed by atoms with Crippen molar-refractivity contribution in [2.45, 2.75) is 51.2 Å². The Bertz CT molecular complexity index is 320. The van der Waals surface area contributed by atoms with Crippen LogP contribution < -0.4 is 5.32 Å². The maximum atomic E-state index is 12.2. The maximum Gasteiger partial charge on any atom is 0.251 e. The number of nitrogens with zero attached hydrogens (tertiary/aromatic N) is 1. The van der Waals surface area contributed by atoms with Crippen molar-refractivity contribution in [1.29, 1.82) is 0 Å². The third-order valence-corrected chi connectivity index (χ3v) is 4.24. The Morgan fingerprint density at radius 2 is 2.10 bits per heavy atom. The van der Waals surface area contributed by atoms with Gasteiger partial charge in [0.05, 0.1) is 6.61 Å². The summed E-state index contributed by atoms with van der Waals surface area (Å²) in [5.41, 5.74) is 0. The first-order valence-electron chi connectivity index (χ1n) is 7.95. The van der Waals surface area contributed by atoms with E-state index in [2.05, 4.69) is 11.9 Å². The first-order chi connectivity index (χ1) is 9.70. The van der Waals surface area contributed by atoms with E-state index in [-0.39, 0.29) is 12.0 Å². The fourth-order valence-corrected chi connectivity index (χ4v) is 2.62. The molecule has 2 fully saturated rings. The van der Waals surface area contributed by atoms with Gasteiger partial charge in [0.15, 0.2) is 0 Å². The van der Waals surface area contributed by atoms with Crippen molar-refractivity contribution in [2.75, 3.05) is 26.2 Å². The number of ether oxygens (including phenoxy) is 1. The van der Waals surface area contributed by atoms with Gasteiger partial charge in [-0.1, -0.05) is 6.08 Å². The summed E-state index contributed by atoms with van der Waals surface area (Å²) in [7, 11) is 0. The molecule has 1 saturated carbocycles. The smallest absolute Gasteiger partial charge is 0.251 e. The van der Waals surface area contributed by atoms with Gasteiger partial charge in [0.25, 0.3) is 5.91 Å². The Labute approximate surface area is 122 Å². The third kappa shape index (κ3) is 4.91. The number of rotatable bonds is 8. The molecule has 0 aromatic carbocycles. The summed E-state index contributed by atoms with van der Waals surface area (Å²) in [6.45, 7) is 8.96. The second-order valence-electron chi connectivity index (χ2n) is 6.04. The molecule has 0 spiro atoms. The molecule has 114 valence electrons. The molecule has 1 aliphatic carbocycles. The van der Waals surface area contributed by atoms with Crippen molar-refractivity contribution in [3.63, 3.8) is 0 Å². The molecule has 1 amide bonds. The quantitative estimate of drug-likeness (QED) is 0.546. The van der Waals surface area contributed by atoms with Crippen molar-refractivity contribution in [3.8, 4) is 0 Å². The number of carbonyl (C=O) groups is 1. The number of nitrogens with one attached hydrogen (secondary N) is 1. The summed E-state index contributed by atoms with van der Waals surface area (Å²) in [5.74, 6) is 1.06. The van der Waals surface area contributed by atoms with Crippen LogP contribution in [0.25, 0.3) is 0 Å². The lowest BCUT2D eigenvalue weighted by Crippen LogP contribution is -2.48. The van der Waals surface area contributed by atoms with Crippen LogP contribution in [0.1, 0.15) is 39.0 Å². The lowest BCUT2D eigenvalue weighted by molar-refractivity contribution is -0.143. The topological polar surface area (TPSA) is 41.6 Å². The number of hydrogen-bond donors (Lipinski definition) is 1. The molecule has 20 heavy (non-hydrogen) atoms. The number of piperidine rings is 1. The maximum absolute atomic E-state index is 12.2. The molecular formula is C16H28N2O2. The van der Waals surface area contributed by atoms with E-state index in [1.54, 1.807) is 0 Å². The molecule has 2 rings (SSSR count). The van der Waals surface area contributed by atoms with Crippen LogP contribution in [-0.2, 0) is 9.53 Å².